The molecule has 146 valence electrons. The maximum atomic E-state index is 12.4. The highest BCUT2D eigenvalue weighted by Crippen LogP contribution is 2.21. The highest BCUT2D eigenvalue weighted by atomic mass is 16.5. The first-order valence-electron chi connectivity index (χ1n) is 10.0. The third kappa shape index (κ3) is 5.16. The molecule has 3 rings (SSSR count). The molecule has 6 heteroatoms. The first kappa shape index (κ1) is 19.5. The van der Waals surface area contributed by atoms with E-state index < -0.39 is 0 Å². The average Bonchev–Trinajstić information content (AvgIpc) is 3.15. The fourth-order valence-corrected chi connectivity index (χ4v) is 3.58. The lowest BCUT2D eigenvalue weighted by Gasteiger charge is -2.31. The Balaban J connectivity index is 1.50. The van der Waals surface area contributed by atoms with Gasteiger partial charge in [-0.2, -0.15) is 4.98 Å². The number of piperidine rings is 1. The van der Waals surface area contributed by atoms with Crippen LogP contribution in [0.15, 0.2) is 28.8 Å². The van der Waals surface area contributed by atoms with Crippen molar-refractivity contribution in [1.29, 1.82) is 0 Å². The van der Waals surface area contributed by atoms with Gasteiger partial charge in [-0.1, -0.05) is 42.8 Å². The van der Waals surface area contributed by atoms with Crippen molar-refractivity contribution in [3.05, 3.63) is 35.7 Å². The third-order valence-corrected chi connectivity index (χ3v) is 5.39. The summed E-state index contributed by atoms with van der Waals surface area (Å²) in [6.45, 7) is 8.68. The molecule has 1 saturated heterocycles. The van der Waals surface area contributed by atoms with E-state index in [0.29, 0.717) is 24.3 Å². The van der Waals surface area contributed by atoms with Crippen LogP contribution in [-0.2, 0) is 11.3 Å². The minimum Gasteiger partial charge on any atom is -0.353 e. The molecule has 1 aliphatic heterocycles. The van der Waals surface area contributed by atoms with Gasteiger partial charge in [-0.15, -0.1) is 0 Å². The van der Waals surface area contributed by atoms with Gasteiger partial charge in [0.15, 0.2) is 0 Å². The standard InChI is InChI=1S/C21H30N4O2/c1-4-18(5-2)22-21(26)16-9-11-25(12-10-16)14-19-23-20(24-27-19)17-8-6-7-15(3)13-17/h6-8,13,16,18H,4-5,9-12,14H2,1-3H3,(H,22,26). The monoisotopic (exact) mass is 370 g/mol. The van der Waals surface area contributed by atoms with E-state index in [0.717, 1.165) is 44.3 Å². The summed E-state index contributed by atoms with van der Waals surface area (Å²) in [6, 6.07) is 8.39. The number of aromatic nitrogens is 2. The zero-order chi connectivity index (χ0) is 19.2. The summed E-state index contributed by atoms with van der Waals surface area (Å²) in [6.07, 6.45) is 3.73. The Kier molecular flexibility index (Phi) is 6.61. The highest BCUT2D eigenvalue weighted by molar-refractivity contribution is 5.79. The number of carbonyl (C=O) groups excluding carboxylic acids is 1. The van der Waals surface area contributed by atoms with Gasteiger partial charge in [0.05, 0.1) is 6.54 Å². The van der Waals surface area contributed by atoms with Gasteiger partial charge in [0.25, 0.3) is 0 Å². The van der Waals surface area contributed by atoms with Crippen molar-refractivity contribution in [3.63, 3.8) is 0 Å². The number of benzene rings is 1. The SMILES string of the molecule is CCC(CC)NC(=O)C1CCN(Cc2nc(-c3cccc(C)c3)no2)CC1. The number of aryl methyl sites for hydroxylation is 1. The van der Waals surface area contributed by atoms with E-state index in [4.69, 9.17) is 4.52 Å². The lowest BCUT2D eigenvalue weighted by atomic mass is 9.95. The Morgan fingerprint density at radius 2 is 2.04 bits per heavy atom. The quantitative estimate of drug-likeness (QED) is 0.807. The van der Waals surface area contributed by atoms with E-state index in [1.54, 1.807) is 0 Å². The molecule has 1 aliphatic rings. The first-order valence-corrected chi connectivity index (χ1v) is 10.0. The molecule has 0 bridgehead atoms. The van der Waals surface area contributed by atoms with Crippen LogP contribution in [-0.4, -0.2) is 40.1 Å². The number of amides is 1. The van der Waals surface area contributed by atoms with Crippen molar-refractivity contribution in [2.45, 2.75) is 59.0 Å². The molecule has 1 aromatic heterocycles. The van der Waals surface area contributed by atoms with E-state index in [-0.39, 0.29) is 11.8 Å². The predicted octanol–water partition coefficient (Wildman–Crippen LogP) is 3.56. The zero-order valence-electron chi connectivity index (χ0n) is 16.6. The summed E-state index contributed by atoms with van der Waals surface area (Å²) in [7, 11) is 0. The normalized spacial score (nSPS) is 16.0. The number of hydrogen-bond acceptors (Lipinski definition) is 5. The minimum atomic E-state index is 0.118. The van der Waals surface area contributed by atoms with E-state index in [9.17, 15) is 4.79 Å². The summed E-state index contributed by atoms with van der Waals surface area (Å²) in [5, 5.41) is 7.29. The second kappa shape index (κ2) is 9.13. The average molecular weight is 370 g/mol. The zero-order valence-corrected chi connectivity index (χ0v) is 16.6. The van der Waals surface area contributed by atoms with Crippen LogP contribution in [0, 0.1) is 12.8 Å². The molecule has 2 heterocycles. The molecule has 1 amide bonds. The molecule has 1 aromatic carbocycles. The fraction of sp³-hybridized carbons (Fsp3) is 0.571. The number of hydrogen-bond donors (Lipinski definition) is 1. The molecule has 0 radical (unpaired) electrons. The third-order valence-electron chi connectivity index (χ3n) is 5.39. The van der Waals surface area contributed by atoms with Crippen LogP contribution >= 0.6 is 0 Å². The van der Waals surface area contributed by atoms with Crippen molar-refractivity contribution < 1.29 is 9.32 Å². The van der Waals surface area contributed by atoms with Gasteiger partial charge in [-0.3, -0.25) is 9.69 Å². The number of rotatable bonds is 7. The Hall–Kier alpha value is -2.21. The van der Waals surface area contributed by atoms with E-state index in [1.807, 2.05) is 25.1 Å². The van der Waals surface area contributed by atoms with E-state index in [1.165, 1.54) is 5.56 Å². The second-order valence-corrected chi connectivity index (χ2v) is 7.45. The second-order valence-electron chi connectivity index (χ2n) is 7.45. The van der Waals surface area contributed by atoms with Crippen LogP contribution in [0.1, 0.15) is 51.0 Å². The summed E-state index contributed by atoms with van der Waals surface area (Å²) in [5.74, 6) is 1.59. The smallest absolute Gasteiger partial charge is 0.241 e. The number of nitrogens with zero attached hydrogens (tertiary/aromatic N) is 3. The molecule has 6 nitrogen and oxygen atoms in total. The maximum Gasteiger partial charge on any atom is 0.241 e. The van der Waals surface area contributed by atoms with Crippen molar-refractivity contribution in [2.24, 2.45) is 5.92 Å². The molecular formula is C21H30N4O2. The first-order chi connectivity index (χ1) is 13.1. The lowest BCUT2D eigenvalue weighted by molar-refractivity contribution is -0.127. The maximum absolute atomic E-state index is 12.4. The largest absolute Gasteiger partial charge is 0.353 e. The molecule has 27 heavy (non-hydrogen) atoms. The van der Waals surface area contributed by atoms with Gasteiger partial charge < -0.3 is 9.84 Å². The minimum absolute atomic E-state index is 0.118. The van der Waals surface area contributed by atoms with Crippen LogP contribution in [0.3, 0.4) is 0 Å². The van der Waals surface area contributed by atoms with Gasteiger partial charge in [0.2, 0.25) is 17.6 Å². The molecule has 0 spiro atoms. The lowest BCUT2D eigenvalue weighted by Crippen LogP contribution is -2.43. The van der Waals surface area contributed by atoms with Gasteiger partial charge in [-0.25, -0.2) is 0 Å². The van der Waals surface area contributed by atoms with Crippen molar-refractivity contribution in [2.75, 3.05) is 13.1 Å². The van der Waals surface area contributed by atoms with Crippen LogP contribution < -0.4 is 5.32 Å². The van der Waals surface area contributed by atoms with Crippen LogP contribution in [0.5, 0.6) is 0 Å². The fourth-order valence-electron chi connectivity index (χ4n) is 3.58. The molecule has 0 unspecified atom stereocenters. The van der Waals surface area contributed by atoms with Crippen molar-refractivity contribution >= 4 is 5.91 Å². The van der Waals surface area contributed by atoms with Crippen LogP contribution in [0.2, 0.25) is 0 Å². The molecule has 0 aliphatic carbocycles. The van der Waals surface area contributed by atoms with E-state index in [2.05, 4.69) is 40.3 Å². The van der Waals surface area contributed by atoms with Gasteiger partial charge in [0.1, 0.15) is 0 Å². The van der Waals surface area contributed by atoms with Gasteiger partial charge >= 0.3 is 0 Å². The van der Waals surface area contributed by atoms with Gasteiger partial charge in [-0.05, 0) is 51.8 Å². The Bertz CT molecular complexity index is 746. The molecule has 1 fully saturated rings. The van der Waals surface area contributed by atoms with Gasteiger partial charge in [0, 0.05) is 17.5 Å². The number of likely N-dealkylation sites (tertiary alicyclic amines) is 1. The Labute approximate surface area is 161 Å². The molecule has 0 saturated carbocycles. The molecule has 1 N–H and O–H groups in total. The van der Waals surface area contributed by atoms with Crippen molar-refractivity contribution in [1.82, 2.24) is 20.4 Å². The predicted molar refractivity (Wildman–Crippen MR) is 105 cm³/mol. The van der Waals surface area contributed by atoms with Crippen molar-refractivity contribution in [3.8, 4) is 11.4 Å². The Morgan fingerprint density at radius 1 is 1.30 bits per heavy atom. The van der Waals surface area contributed by atoms with E-state index >= 15 is 0 Å². The number of nitrogens with one attached hydrogen (secondary N) is 1. The molecule has 0 atom stereocenters. The summed E-state index contributed by atoms with van der Waals surface area (Å²) < 4.78 is 5.44. The Morgan fingerprint density at radius 3 is 2.70 bits per heavy atom. The molecular weight excluding hydrogens is 340 g/mol. The highest BCUT2D eigenvalue weighted by Gasteiger charge is 2.26. The summed E-state index contributed by atoms with van der Waals surface area (Å²) in [4.78, 5) is 19.2. The summed E-state index contributed by atoms with van der Waals surface area (Å²) >= 11 is 0. The topological polar surface area (TPSA) is 71.3 Å². The summed E-state index contributed by atoms with van der Waals surface area (Å²) in [5.41, 5.74) is 2.15. The van der Waals surface area contributed by atoms with Crippen LogP contribution in [0.4, 0.5) is 0 Å². The number of carbonyl (C=O) groups is 1. The van der Waals surface area contributed by atoms with Crippen LogP contribution in [0.25, 0.3) is 11.4 Å². The molecule has 2 aromatic rings.